The summed E-state index contributed by atoms with van der Waals surface area (Å²) in [7, 11) is 0. The lowest BCUT2D eigenvalue weighted by molar-refractivity contribution is -0.385. The van der Waals surface area contributed by atoms with E-state index in [2.05, 4.69) is 39.6 Å². The summed E-state index contributed by atoms with van der Waals surface area (Å²) in [5.41, 5.74) is 1.98. The average molecular weight is 1370 g/mol. The molecule has 0 saturated carbocycles. The molecular formula is C56H68N8O32. The number of aromatic nitrogens is 6. The Morgan fingerprint density at radius 2 is 0.594 bits per heavy atom. The van der Waals surface area contributed by atoms with Gasteiger partial charge in [-0.1, -0.05) is 34.0 Å². The van der Waals surface area contributed by atoms with Crippen molar-refractivity contribution in [1.82, 2.24) is 30.3 Å². The molecule has 0 N–H and O–H groups in total. The van der Waals surface area contributed by atoms with Gasteiger partial charge >= 0.3 is 24.6 Å². The van der Waals surface area contributed by atoms with Crippen molar-refractivity contribution in [2.75, 3.05) is 159 Å². The van der Waals surface area contributed by atoms with E-state index in [9.17, 15) is 58.6 Å². The van der Waals surface area contributed by atoms with Gasteiger partial charge in [-0.15, -0.1) is 10.2 Å². The molecule has 2 aromatic heterocycles. The summed E-state index contributed by atoms with van der Waals surface area (Å²) < 4.78 is 87.7. The summed E-state index contributed by atoms with van der Waals surface area (Å²) >= 11 is 0. The maximum absolute atomic E-state index is 11.7. The minimum absolute atomic E-state index is 0.0165. The van der Waals surface area contributed by atoms with Gasteiger partial charge in [-0.25, -0.2) is 19.2 Å². The third-order valence-corrected chi connectivity index (χ3v) is 10.4. The SMILES string of the molecule is O=C(OCCOCCOCCOC(=O)Oc1ccc([N+](=O)[O-])cc1)Oc1ccc([N+](=O)[O-])cc1.O=C(OCCOCCOCCOC(=O)On1nnc2ccccc21)On1nnc2ccccc21.O=COCCOCCOCCOC=O.O=COCCOCCOCCOC=O. The maximum Gasteiger partial charge on any atom is 0.535 e. The van der Waals surface area contributed by atoms with Gasteiger partial charge in [0.25, 0.3) is 37.3 Å². The van der Waals surface area contributed by atoms with Crippen molar-refractivity contribution in [3.8, 4) is 11.5 Å². The van der Waals surface area contributed by atoms with Crippen molar-refractivity contribution in [1.29, 1.82) is 0 Å². The number of ether oxygens (including phenoxy) is 18. The van der Waals surface area contributed by atoms with Crippen LogP contribution in [0.1, 0.15) is 0 Å². The van der Waals surface area contributed by atoms with E-state index in [4.69, 9.17) is 76.0 Å². The first-order valence-electron chi connectivity index (χ1n) is 28.2. The van der Waals surface area contributed by atoms with Crippen molar-refractivity contribution in [3.05, 3.63) is 117 Å². The van der Waals surface area contributed by atoms with E-state index in [1.165, 1.54) is 48.5 Å². The minimum atomic E-state index is -0.980. The van der Waals surface area contributed by atoms with Crippen LogP contribution in [0.5, 0.6) is 11.5 Å². The van der Waals surface area contributed by atoms with Crippen LogP contribution in [-0.2, 0) is 95.0 Å². The lowest BCUT2D eigenvalue weighted by Crippen LogP contribution is -2.24. The Labute approximate surface area is 543 Å². The van der Waals surface area contributed by atoms with E-state index in [-0.39, 0.29) is 129 Å². The number of rotatable bonds is 46. The predicted molar refractivity (Wildman–Crippen MR) is 316 cm³/mol. The van der Waals surface area contributed by atoms with Crippen molar-refractivity contribution in [2.45, 2.75) is 0 Å². The van der Waals surface area contributed by atoms with Gasteiger partial charge in [-0.05, 0) is 59.0 Å². The van der Waals surface area contributed by atoms with Crippen molar-refractivity contribution in [2.24, 2.45) is 0 Å². The monoisotopic (exact) mass is 1360 g/mol. The van der Waals surface area contributed by atoms with Crippen molar-refractivity contribution < 1.29 is 143 Å². The lowest BCUT2D eigenvalue weighted by atomic mass is 10.3. The molecule has 40 heteroatoms. The molecule has 96 heavy (non-hydrogen) atoms. The number of hydrogen-bond donors (Lipinski definition) is 0. The number of nitrogens with zero attached hydrogens (tertiary/aromatic N) is 8. The number of benzene rings is 4. The molecule has 4 aromatic carbocycles. The van der Waals surface area contributed by atoms with Crippen LogP contribution in [0, 0.1) is 20.2 Å². The highest BCUT2D eigenvalue weighted by Gasteiger charge is 2.14. The lowest BCUT2D eigenvalue weighted by Gasteiger charge is -2.08. The zero-order valence-electron chi connectivity index (χ0n) is 51.2. The number of hydrogen-bond acceptors (Lipinski definition) is 36. The molecule has 0 amide bonds. The molecule has 524 valence electrons. The molecule has 0 spiro atoms. The fourth-order valence-electron chi connectivity index (χ4n) is 6.19. The Balaban J connectivity index is 0.000000362. The summed E-state index contributed by atoms with van der Waals surface area (Å²) in [5, 5.41) is 36.3. The number of carbonyl (C=O) groups excluding carboxylic acids is 8. The highest BCUT2D eigenvalue weighted by molar-refractivity contribution is 5.75. The summed E-state index contributed by atoms with van der Waals surface area (Å²) in [6, 6.07) is 23.9. The van der Waals surface area contributed by atoms with Crippen LogP contribution >= 0.6 is 0 Å². The van der Waals surface area contributed by atoms with Gasteiger partial charge in [0.1, 0.15) is 86.4 Å². The number of fused-ring (bicyclic) bond motifs is 2. The molecule has 6 rings (SSSR count). The van der Waals surface area contributed by atoms with E-state index in [0.717, 1.165) is 9.69 Å². The first kappa shape index (κ1) is 79.4. The van der Waals surface area contributed by atoms with Gasteiger partial charge in [-0.2, -0.15) is 0 Å². The molecule has 0 atom stereocenters. The highest BCUT2D eigenvalue weighted by atomic mass is 16.8. The van der Waals surface area contributed by atoms with Crippen LogP contribution in [0.3, 0.4) is 0 Å². The van der Waals surface area contributed by atoms with E-state index in [0.29, 0.717) is 101 Å². The molecule has 0 bridgehead atoms. The predicted octanol–water partition coefficient (Wildman–Crippen LogP) is 3.04. The number of carbonyl (C=O) groups is 8. The molecule has 2 heterocycles. The number of para-hydroxylation sites is 2. The molecule has 40 nitrogen and oxygen atoms in total. The summed E-state index contributed by atoms with van der Waals surface area (Å²) in [4.78, 5) is 117. The molecule has 6 aromatic rings. The number of nitro groups is 2. The normalized spacial score (nSPS) is 10.2. The molecule has 0 unspecified atom stereocenters. The standard InChI is InChI=1S/C20H20N6O8.C20H20N2O12.2C8H14O6/c27-19(33-25-17-7-3-1-5-15(17)21-23-25)31-13-11-29-9-10-30-12-14-32-20(28)34-26-18-8-4-2-6-16(18)22-24-26;23-19(33-17-5-1-15(2-6-17)21(25)26)31-13-11-29-9-10-30-12-14-32-20(24)34-18-7-3-16(4-8-18)22(27)28;2*9-7-13-5-3-11-1-2-12-4-6-14-8-10/h2*1-8H,9-14H2;2*7-8H,1-6H2. The highest BCUT2D eigenvalue weighted by Crippen LogP contribution is 2.19. The Hall–Kier alpha value is -10.9. The second-order valence-electron chi connectivity index (χ2n) is 17.0. The van der Waals surface area contributed by atoms with Crippen LogP contribution in [-0.4, -0.2) is 249 Å². The van der Waals surface area contributed by atoms with Crippen LogP contribution in [0.25, 0.3) is 22.1 Å². The smallest absolute Gasteiger partial charge is 0.465 e. The minimum Gasteiger partial charge on any atom is -0.465 e. The van der Waals surface area contributed by atoms with Crippen molar-refractivity contribution in [3.63, 3.8) is 0 Å². The second-order valence-corrected chi connectivity index (χ2v) is 17.0. The largest absolute Gasteiger partial charge is 0.535 e. The Morgan fingerprint density at radius 1 is 0.344 bits per heavy atom. The summed E-state index contributed by atoms with van der Waals surface area (Å²) in [5.74, 6) is 0.201. The third kappa shape index (κ3) is 38.2. The van der Waals surface area contributed by atoms with Gasteiger partial charge in [0.05, 0.1) is 116 Å². The molecule has 0 aliphatic rings. The zero-order valence-corrected chi connectivity index (χ0v) is 51.2. The number of non-ortho nitro benzene ring substituents is 2. The molecule has 0 aliphatic carbocycles. The van der Waals surface area contributed by atoms with E-state index < -0.39 is 34.5 Å². The average Bonchev–Trinajstić information content (AvgIpc) is 1.78. The van der Waals surface area contributed by atoms with Gasteiger partial charge < -0.3 is 85.3 Å². The maximum atomic E-state index is 11.7. The topological polar surface area (TPSA) is 469 Å². The molecular weight excluding hydrogens is 1300 g/mol. The second kappa shape index (κ2) is 52.6. The molecule has 0 aliphatic heterocycles. The van der Waals surface area contributed by atoms with Crippen LogP contribution in [0.2, 0.25) is 0 Å². The van der Waals surface area contributed by atoms with Gasteiger partial charge in [0.15, 0.2) is 0 Å². The molecule has 0 radical (unpaired) electrons. The van der Waals surface area contributed by atoms with Gasteiger partial charge in [0.2, 0.25) is 0 Å². The van der Waals surface area contributed by atoms with Crippen LogP contribution in [0.4, 0.5) is 30.6 Å². The first-order valence-corrected chi connectivity index (χ1v) is 28.2. The Kier molecular flexibility index (Phi) is 43.5. The van der Waals surface area contributed by atoms with Gasteiger partial charge in [-0.3, -0.25) is 49.1 Å². The fraction of sp³-hybridized carbons (Fsp3) is 0.429. The third-order valence-electron chi connectivity index (χ3n) is 10.4. The Bertz CT molecular complexity index is 2920. The van der Waals surface area contributed by atoms with E-state index in [1.807, 2.05) is 0 Å². The van der Waals surface area contributed by atoms with Gasteiger partial charge in [0, 0.05) is 24.3 Å². The fourth-order valence-corrected chi connectivity index (χ4v) is 6.19. The van der Waals surface area contributed by atoms with E-state index in [1.54, 1.807) is 48.5 Å². The molecule has 0 saturated heterocycles. The van der Waals surface area contributed by atoms with Crippen LogP contribution in [0.15, 0.2) is 97.1 Å². The zero-order chi connectivity index (χ0) is 69.3. The Morgan fingerprint density at radius 3 is 0.865 bits per heavy atom. The number of nitro benzene ring substituents is 2. The van der Waals surface area contributed by atoms with E-state index >= 15 is 0 Å². The van der Waals surface area contributed by atoms with Crippen LogP contribution < -0.4 is 19.1 Å². The first-order chi connectivity index (χ1) is 46.9. The van der Waals surface area contributed by atoms with Crippen molar-refractivity contribution >= 4 is 84.0 Å². The summed E-state index contributed by atoms with van der Waals surface area (Å²) in [6.45, 7) is 6.71. The quantitative estimate of drug-likeness (QED) is 0.00774. The molecule has 0 fully saturated rings. The summed E-state index contributed by atoms with van der Waals surface area (Å²) in [6.07, 6.45) is -3.82.